The number of anilines is 3. The van der Waals surface area contributed by atoms with Gasteiger partial charge in [-0.15, -0.1) is 0 Å². The molecule has 0 saturated carbocycles. The fourth-order valence-corrected chi connectivity index (χ4v) is 12.2. The van der Waals surface area contributed by atoms with Crippen LogP contribution in [0.25, 0.3) is 0 Å². The molecule has 6 N–H and O–H groups in total. The molecule has 0 aliphatic rings. The Labute approximate surface area is 513 Å². The number of halogens is 4. The van der Waals surface area contributed by atoms with Gasteiger partial charge in [0.25, 0.3) is 30.1 Å². The van der Waals surface area contributed by atoms with E-state index in [1.807, 2.05) is 61.5 Å². The van der Waals surface area contributed by atoms with Crippen molar-refractivity contribution < 1.29 is 68.1 Å². The Balaban J connectivity index is 0.000000189. The van der Waals surface area contributed by atoms with Crippen molar-refractivity contribution in [3.63, 3.8) is 0 Å². The van der Waals surface area contributed by atoms with E-state index in [4.69, 9.17) is 11.6 Å². The summed E-state index contributed by atoms with van der Waals surface area (Å²) >= 11 is 5.79. The zero-order chi connectivity index (χ0) is 63.7. The Bertz CT molecular complexity index is 4220. The first-order chi connectivity index (χ1) is 41.8. The highest BCUT2D eigenvalue weighted by Gasteiger charge is 2.31. The van der Waals surface area contributed by atoms with Gasteiger partial charge in [-0.3, -0.25) is 14.2 Å². The fourth-order valence-electron chi connectivity index (χ4n) is 8.88. The predicted octanol–water partition coefficient (Wildman–Crippen LogP) is 14.1. The number of alkyl halides is 3. The van der Waals surface area contributed by atoms with Crippen LogP contribution in [-0.2, 0) is 81.2 Å². The molecule has 0 fully saturated rings. The smallest absolute Gasteiger partial charge is 0.416 e. The molecule has 15 nitrogen and oxygen atoms in total. The molecule has 0 atom stereocenters. The van der Waals surface area contributed by atoms with Crippen LogP contribution in [0.15, 0.2) is 233 Å². The van der Waals surface area contributed by atoms with Crippen molar-refractivity contribution >= 4 is 76.6 Å². The van der Waals surface area contributed by atoms with Crippen LogP contribution in [0, 0.1) is 0 Å². The number of sulfonamides is 3. The van der Waals surface area contributed by atoms with E-state index in [0.29, 0.717) is 83.7 Å². The van der Waals surface area contributed by atoms with E-state index in [0.717, 1.165) is 51.9 Å². The lowest BCUT2D eigenvalue weighted by atomic mass is 10.00. The van der Waals surface area contributed by atoms with Crippen LogP contribution in [0.2, 0.25) is 5.02 Å². The average molecular weight is 1270 g/mol. The standard InChI is InChI=1S/C23H23NO4S.C22H18F3NO4S.C21H18ClNO4S/c1-2-17-10-15-21(16-11-17)29(27,28)24-20-13-8-18(9-14-20)7-12-19-5-3-4-6-22(19)23(25)26;23-22(24,25)17-9-13-19(14-10-17)31(29,30)26-18-11-6-15(7-12-18)5-8-16-3-1-2-4-20(16)21(27)28;22-17-9-13-19(14-10-17)28(26,27)23-18-11-6-15(7-12-18)5-8-16-3-1-2-4-20(16)21(24)25/h3-6,8-11,13-16,24H,2,7,12H2,1H3,(H,25,26);1-4,6-7,9-14,26H,5,8H2,(H,27,28);1-4,6-7,9-14,23H,5,8H2,(H,24,25). The largest absolute Gasteiger partial charge is 0.478 e. The number of aromatic carboxylic acids is 3. The van der Waals surface area contributed by atoms with Crippen molar-refractivity contribution in [3.05, 3.63) is 285 Å². The predicted molar refractivity (Wildman–Crippen MR) is 333 cm³/mol. The van der Waals surface area contributed by atoms with Gasteiger partial charge in [-0.05, 0) is 199 Å². The molecular weight excluding hydrogens is 1220 g/mol. The Kier molecular flexibility index (Phi) is 22.5. The molecule has 0 heterocycles. The summed E-state index contributed by atoms with van der Waals surface area (Å²) in [6.45, 7) is 2.02. The highest BCUT2D eigenvalue weighted by molar-refractivity contribution is 7.93. The highest BCUT2D eigenvalue weighted by Crippen LogP contribution is 2.30. The van der Waals surface area contributed by atoms with E-state index in [9.17, 15) is 68.1 Å². The Morgan fingerprint density at radius 1 is 0.375 bits per heavy atom. The van der Waals surface area contributed by atoms with Crippen LogP contribution < -0.4 is 14.2 Å². The number of rotatable bonds is 22. The van der Waals surface area contributed by atoms with Gasteiger partial charge >= 0.3 is 24.1 Å². The van der Waals surface area contributed by atoms with Crippen molar-refractivity contribution in [2.75, 3.05) is 14.2 Å². The first kappa shape index (κ1) is 66.2. The molecule has 0 spiro atoms. The second kappa shape index (κ2) is 29.9. The molecule has 0 aromatic heterocycles. The highest BCUT2D eigenvalue weighted by atomic mass is 35.5. The van der Waals surface area contributed by atoms with Gasteiger partial charge < -0.3 is 15.3 Å². The summed E-state index contributed by atoms with van der Waals surface area (Å²) in [4.78, 5) is 33.9. The monoisotopic (exact) mass is 1270 g/mol. The molecule has 456 valence electrons. The molecule has 0 bridgehead atoms. The van der Waals surface area contributed by atoms with E-state index in [-0.39, 0.29) is 25.9 Å². The summed E-state index contributed by atoms with van der Waals surface area (Å²) in [6.07, 6.45) is -0.155. The summed E-state index contributed by atoms with van der Waals surface area (Å²) in [7, 11) is -11.4. The first-order valence-electron chi connectivity index (χ1n) is 27.1. The maximum atomic E-state index is 12.6. The molecule has 0 amide bonds. The number of hydrogen-bond acceptors (Lipinski definition) is 9. The van der Waals surface area contributed by atoms with Crippen molar-refractivity contribution in [1.82, 2.24) is 0 Å². The van der Waals surface area contributed by atoms with Crippen molar-refractivity contribution in [1.29, 1.82) is 0 Å². The second-order valence-electron chi connectivity index (χ2n) is 19.8. The van der Waals surface area contributed by atoms with Gasteiger partial charge in [0, 0.05) is 22.1 Å². The lowest BCUT2D eigenvalue weighted by Gasteiger charge is -2.11. The number of carboxylic acids is 3. The topological polar surface area (TPSA) is 250 Å². The number of benzene rings is 9. The van der Waals surface area contributed by atoms with E-state index < -0.39 is 59.7 Å². The third kappa shape index (κ3) is 19.1. The lowest BCUT2D eigenvalue weighted by Crippen LogP contribution is -2.13. The number of aryl methyl sites for hydroxylation is 7. The summed E-state index contributed by atoms with van der Waals surface area (Å²) in [5, 5.41) is 28.2. The maximum Gasteiger partial charge on any atom is 0.416 e. The van der Waals surface area contributed by atoms with Crippen LogP contribution >= 0.6 is 11.6 Å². The molecule has 88 heavy (non-hydrogen) atoms. The van der Waals surface area contributed by atoms with Crippen LogP contribution in [0.3, 0.4) is 0 Å². The van der Waals surface area contributed by atoms with E-state index >= 15 is 0 Å². The van der Waals surface area contributed by atoms with Gasteiger partial charge in [-0.2, -0.15) is 13.2 Å². The van der Waals surface area contributed by atoms with Gasteiger partial charge in [-0.25, -0.2) is 39.6 Å². The minimum Gasteiger partial charge on any atom is -0.478 e. The summed E-state index contributed by atoms with van der Waals surface area (Å²) in [5.74, 6) is -2.87. The minimum atomic E-state index is -4.55. The van der Waals surface area contributed by atoms with Gasteiger partial charge in [0.15, 0.2) is 0 Å². The van der Waals surface area contributed by atoms with Crippen molar-refractivity contribution in [3.8, 4) is 0 Å². The quantitative estimate of drug-likeness (QED) is 0.0371. The third-order valence-electron chi connectivity index (χ3n) is 13.7. The summed E-state index contributed by atoms with van der Waals surface area (Å²) in [5.41, 5.74) is 7.29. The first-order valence-corrected chi connectivity index (χ1v) is 31.9. The lowest BCUT2D eigenvalue weighted by molar-refractivity contribution is -0.137. The molecule has 0 radical (unpaired) electrons. The van der Waals surface area contributed by atoms with Gasteiger partial charge in [0.1, 0.15) is 0 Å². The molecule has 0 aliphatic carbocycles. The van der Waals surface area contributed by atoms with Crippen molar-refractivity contribution in [2.24, 2.45) is 0 Å². The zero-order valence-electron chi connectivity index (χ0n) is 47.0. The minimum absolute atomic E-state index is 0.131. The summed E-state index contributed by atoms with van der Waals surface area (Å²) in [6, 6.07) is 57.2. The van der Waals surface area contributed by atoms with Gasteiger partial charge in [0.05, 0.1) is 36.9 Å². The molecule has 0 unspecified atom stereocenters. The average Bonchev–Trinajstić information content (AvgIpc) is 3.32. The molecule has 22 heteroatoms. The van der Waals surface area contributed by atoms with Crippen LogP contribution in [-0.4, -0.2) is 58.5 Å². The van der Waals surface area contributed by atoms with Gasteiger partial charge in [-0.1, -0.05) is 122 Å². The molecular formula is C66H59ClF3N3O12S3. The van der Waals surface area contributed by atoms with Crippen molar-refractivity contribution in [2.45, 2.75) is 72.7 Å². The third-order valence-corrected chi connectivity index (χ3v) is 18.1. The number of hydrogen-bond donors (Lipinski definition) is 6. The number of carboxylic acid groups (broad SMARTS) is 3. The van der Waals surface area contributed by atoms with E-state index in [2.05, 4.69) is 14.2 Å². The number of nitrogens with one attached hydrogen (secondary N) is 3. The Morgan fingerprint density at radius 3 is 0.909 bits per heavy atom. The molecule has 9 aromatic carbocycles. The normalized spacial score (nSPS) is 11.4. The van der Waals surface area contributed by atoms with Crippen LogP contribution in [0.1, 0.15) is 82.5 Å². The second-order valence-corrected chi connectivity index (χ2v) is 25.3. The van der Waals surface area contributed by atoms with Gasteiger partial charge in [0.2, 0.25) is 0 Å². The fraction of sp³-hybridized carbons (Fsp3) is 0.136. The molecule has 9 rings (SSSR count). The molecule has 0 saturated heterocycles. The SMILES string of the molecule is CCc1ccc(S(=O)(=O)Nc2ccc(CCc3ccccc3C(=O)O)cc2)cc1.O=C(O)c1ccccc1CCc1ccc(NS(=O)(=O)c2ccc(C(F)(F)F)cc2)cc1.O=C(O)c1ccccc1CCc1ccc(NS(=O)(=O)c2ccc(Cl)cc2)cc1. The zero-order valence-corrected chi connectivity index (χ0v) is 50.2. The van der Waals surface area contributed by atoms with Crippen LogP contribution in [0.4, 0.5) is 30.2 Å². The molecule has 0 aliphatic heterocycles. The number of carbonyl (C=O) groups is 3. The van der Waals surface area contributed by atoms with Crippen LogP contribution in [0.5, 0.6) is 0 Å². The maximum absolute atomic E-state index is 12.6. The summed E-state index contributed by atoms with van der Waals surface area (Å²) < 4.78 is 120. The molecule has 9 aromatic rings. The van der Waals surface area contributed by atoms with E-state index in [1.165, 1.54) is 30.3 Å². The Hall–Kier alpha value is -9.28. The van der Waals surface area contributed by atoms with E-state index in [1.54, 1.807) is 109 Å². The Morgan fingerprint density at radius 2 is 0.636 bits per heavy atom.